The summed E-state index contributed by atoms with van der Waals surface area (Å²) in [5, 5.41) is 2.24. The number of hydrogen-bond donors (Lipinski definition) is 0. The van der Waals surface area contributed by atoms with E-state index in [1.54, 1.807) is 4.90 Å². The van der Waals surface area contributed by atoms with Crippen molar-refractivity contribution >= 4 is 23.2 Å². The first-order chi connectivity index (χ1) is 12.6. The Kier molecular flexibility index (Phi) is 4.96. The zero-order valence-electron chi connectivity index (χ0n) is 18.1. The lowest BCUT2D eigenvalue weighted by Gasteiger charge is -2.21. The molecule has 132 valence electrons. The highest BCUT2D eigenvalue weighted by atomic mass is 35.5. The van der Waals surface area contributed by atoms with Gasteiger partial charge in [0.2, 0.25) is 0 Å². The minimum absolute atomic E-state index is 0. The highest BCUT2D eigenvalue weighted by Gasteiger charge is 2.13. The summed E-state index contributed by atoms with van der Waals surface area (Å²) in [6, 6.07) is 22.5. The number of hydrogen-bond acceptors (Lipinski definition) is 1. The Labute approximate surface area is 162 Å². The first-order valence-corrected chi connectivity index (χ1v) is 8.46. The number of nitrogens with zero attached hydrogens (tertiary/aromatic N) is 1. The molecule has 0 aliphatic rings. The van der Waals surface area contributed by atoms with Gasteiger partial charge in [0.05, 0.1) is 0 Å². The van der Waals surface area contributed by atoms with E-state index >= 15 is 0 Å². The molecule has 3 rings (SSSR count). The molecule has 0 N–H and O–H groups in total. The minimum atomic E-state index is -2.15. The average molecular weight is 358 g/mol. The highest BCUT2D eigenvalue weighted by molar-refractivity contribution is 5.85. The molecule has 0 radical (unpaired) electrons. The second-order valence-electron chi connectivity index (χ2n) is 7.44. The van der Waals surface area contributed by atoms with Gasteiger partial charge in [-0.1, -0.05) is 87.5 Å². The van der Waals surface area contributed by atoms with E-state index in [4.69, 9.17) is 4.11 Å². The van der Waals surface area contributed by atoms with Gasteiger partial charge in [0.15, 0.2) is 0 Å². The fraction of sp³-hybridized carbons (Fsp3) is 0.304. The third-order valence-corrected chi connectivity index (χ3v) is 4.43. The van der Waals surface area contributed by atoms with Gasteiger partial charge in [0, 0.05) is 17.2 Å². The Hall–Kier alpha value is -1.83. The topological polar surface area (TPSA) is 3.24 Å². The van der Waals surface area contributed by atoms with E-state index in [0.29, 0.717) is 13.1 Å². The molecule has 0 saturated carbocycles. The van der Waals surface area contributed by atoms with E-state index in [9.17, 15) is 0 Å². The Morgan fingerprint density at radius 1 is 0.840 bits per heavy atom. The van der Waals surface area contributed by atoms with Crippen LogP contribution in [0.2, 0.25) is 0 Å². The van der Waals surface area contributed by atoms with Gasteiger partial charge in [-0.05, 0) is 39.9 Å². The average Bonchev–Trinajstić information content (AvgIpc) is 2.60. The van der Waals surface area contributed by atoms with Gasteiger partial charge in [0.25, 0.3) is 0 Å². The number of halogens is 1. The van der Waals surface area contributed by atoms with Crippen LogP contribution >= 0.6 is 12.4 Å². The molecule has 0 amide bonds. The van der Waals surface area contributed by atoms with Crippen LogP contribution in [0.15, 0.2) is 66.7 Å². The van der Waals surface area contributed by atoms with Crippen molar-refractivity contribution < 1.29 is 4.11 Å². The predicted molar refractivity (Wildman–Crippen MR) is 112 cm³/mol. The Morgan fingerprint density at radius 2 is 1.52 bits per heavy atom. The van der Waals surface area contributed by atoms with Crippen molar-refractivity contribution in [2.75, 3.05) is 6.98 Å². The molecule has 0 atom stereocenters. The fourth-order valence-electron chi connectivity index (χ4n) is 3.02. The Bertz CT molecular complexity index is 906. The van der Waals surface area contributed by atoms with Crippen LogP contribution in [0.25, 0.3) is 10.8 Å². The Morgan fingerprint density at radius 3 is 2.20 bits per heavy atom. The molecule has 0 aromatic heterocycles. The van der Waals surface area contributed by atoms with Gasteiger partial charge in [-0.2, -0.15) is 0 Å². The van der Waals surface area contributed by atoms with Crippen molar-refractivity contribution in [1.82, 2.24) is 4.90 Å². The third kappa shape index (κ3) is 4.84. The second-order valence-corrected chi connectivity index (χ2v) is 7.44. The minimum Gasteiger partial charge on any atom is -0.298 e. The molecule has 2 heteroatoms. The molecule has 0 bridgehead atoms. The number of rotatable bonds is 4. The Balaban J connectivity index is 0.00000280. The summed E-state index contributed by atoms with van der Waals surface area (Å²) < 4.78 is 24.0. The van der Waals surface area contributed by atoms with Crippen LogP contribution in [0.3, 0.4) is 0 Å². The van der Waals surface area contributed by atoms with Crippen LogP contribution in [-0.4, -0.2) is 11.9 Å². The predicted octanol–water partition coefficient (Wildman–Crippen LogP) is 6.19. The maximum absolute atomic E-state index is 8.00. The van der Waals surface area contributed by atoms with Gasteiger partial charge >= 0.3 is 0 Å². The molecule has 25 heavy (non-hydrogen) atoms. The molecule has 0 fully saturated rings. The molecule has 3 aromatic rings. The van der Waals surface area contributed by atoms with Gasteiger partial charge in [-0.3, -0.25) is 4.90 Å². The zero-order valence-corrected chi connectivity index (χ0v) is 15.9. The van der Waals surface area contributed by atoms with E-state index < -0.39 is 6.98 Å². The van der Waals surface area contributed by atoms with E-state index in [-0.39, 0.29) is 17.8 Å². The van der Waals surface area contributed by atoms with Gasteiger partial charge in [-0.25, -0.2) is 0 Å². The monoisotopic (exact) mass is 357 g/mol. The normalized spacial score (nSPS) is 13.8. The quantitative estimate of drug-likeness (QED) is 0.503. The van der Waals surface area contributed by atoms with Crippen LogP contribution in [0.4, 0.5) is 0 Å². The fourth-order valence-corrected chi connectivity index (χ4v) is 3.02. The first-order valence-electron chi connectivity index (χ1n) is 9.96. The molecule has 0 aliphatic heterocycles. The van der Waals surface area contributed by atoms with E-state index in [1.807, 2.05) is 36.4 Å². The first kappa shape index (κ1) is 15.4. The van der Waals surface area contributed by atoms with Crippen molar-refractivity contribution in [2.45, 2.75) is 39.3 Å². The summed E-state index contributed by atoms with van der Waals surface area (Å²) in [4.78, 5) is 1.57. The largest absolute Gasteiger partial charge is 0.298 e. The zero-order chi connectivity index (χ0) is 19.7. The summed E-state index contributed by atoms with van der Waals surface area (Å²) in [5.41, 5.74) is 3.39. The van der Waals surface area contributed by atoms with Crippen LogP contribution in [0.5, 0.6) is 0 Å². The second kappa shape index (κ2) is 8.03. The summed E-state index contributed by atoms with van der Waals surface area (Å²) in [5.74, 6) is 0. The maximum Gasteiger partial charge on any atom is 0.0394 e. The van der Waals surface area contributed by atoms with E-state index in [0.717, 1.165) is 21.9 Å². The molecule has 0 spiro atoms. The SMILES string of the molecule is Cl.[2H][13C]([2H])([2H])N(Cc1ccc(C(C)(C)C)cc1)Cc1cccc2ccccc12. The van der Waals surface area contributed by atoms with Crippen molar-refractivity contribution in [3.8, 4) is 0 Å². The highest BCUT2D eigenvalue weighted by Crippen LogP contribution is 2.23. The standard InChI is InChI=1S/C23H27N.ClH/c1-23(2,3)21-14-12-18(13-15-21)16-24(4)17-20-10-7-9-19-8-5-6-11-22(19)20;/h5-15H,16-17H2,1-4H3;1H/i4+1D3;. The van der Waals surface area contributed by atoms with Gasteiger partial charge < -0.3 is 0 Å². The van der Waals surface area contributed by atoms with Crippen LogP contribution in [-0.2, 0) is 18.5 Å². The van der Waals surface area contributed by atoms with Crippen molar-refractivity contribution in [1.29, 1.82) is 0 Å². The van der Waals surface area contributed by atoms with Crippen LogP contribution in [0.1, 0.15) is 41.6 Å². The van der Waals surface area contributed by atoms with Crippen molar-refractivity contribution in [3.63, 3.8) is 0 Å². The van der Waals surface area contributed by atoms with Crippen molar-refractivity contribution in [3.05, 3.63) is 83.4 Å². The molecule has 0 aliphatic carbocycles. The molecular weight excluding hydrogens is 327 g/mol. The molecule has 3 aromatic carbocycles. The molecular formula is C23H28ClN. The smallest absolute Gasteiger partial charge is 0.0394 e. The lowest BCUT2D eigenvalue weighted by molar-refractivity contribution is 0.320. The summed E-state index contributed by atoms with van der Waals surface area (Å²) in [7, 11) is 0. The molecule has 0 heterocycles. The summed E-state index contributed by atoms with van der Waals surface area (Å²) in [6.07, 6.45) is 0. The summed E-state index contributed by atoms with van der Waals surface area (Å²) in [6.45, 7) is 5.16. The maximum atomic E-state index is 8.00. The lowest BCUT2D eigenvalue weighted by Crippen LogP contribution is -2.17. The molecule has 0 unspecified atom stereocenters. The molecule has 0 saturated heterocycles. The van der Waals surface area contributed by atoms with Crippen LogP contribution < -0.4 is 0 Å². The lowest BCUT2D eigenvalue weighted by atomic mass is 9.87. The number of benzene rings is 3. The molecule has 1 nitrogen and oxygen atoms in total. The van der Waals surface area contributed by atoms with E-state index in [2.05, 4.69) is 51.1 Å². The van der Waals surface area contributed by atoms with Gasteiger partial charge in [-0.15, -0.1) is 12.4 Å². The van der Waals surface area contributed by atoms with Crippen molar-refractivity contribution in [2.24, 2.45) is 0 Å². The van der Waals surface area contributed by atoms with Crippen LogP contribution in [0, 0.1) is 0 Å². The number of fused-ring (bicyclic) bond motifs is 1. The van der Waals surface area contributed by atoms with Gasteiger partial charge in [0.1, 0.15) is 0 Å². The van der Waals surface area contributed by atoms with E-state index in [1.165, 1.54) is 5.56 Å². The third-order valence-electron chi connectivity index (χ3n) is 4.43. The summed E-state index contributed by atoms with van der Waals surface area (Å²) >= 11 is 0.